The number of nitrogens with zero attached hydrogens (tertiary/aromatic N) is 5. The molecule has 1 aromatic heterocycles. The Kier molecular flexibility index (Phi) is 7.48. The average Bonchev–Trinajstić information content (AvgIpc) is 3.95. The Morgan fingerprint density at radius 1 is 0.439 bits per heavy atom. The topological polar surface area (TPSA) is 45.2 Å². The third-order valence-electron chi connectivity index (χ3n) is 12.4. The van der Waals surface area contributed by atoms with E-state index in [2.05, 4.69) is 162 Å². The fourth-order valence-electron chi connectivity index (χ4n) is 9.80. The van der Waals surface area contributed by atoms with Crippen LogP contribution in [-0.2, 0) is 0 Å². The molecule has 3 aliphatic carbocycles. The van der Waals surface area contributed by atoms with Crippen LogP contribution in [0.4, 0.5) is 23.0 Å². The van der Waals surface area contributed by atoms with Crippen LogP contribution >= 0.6 is 11.8 Å². The normalized spacial score (nSPS) is 24.1. The van der Waals surface area contributed by atoms with Crippen LogP contribution in [0.15, 0.2) is 193 Å². The molecule has 0 bridgehead atoms. The summed E-state index contributed by atoms with van der Waals surface area (Å²) in [5.74, 6) is 2.75. The highest BCUT2D eigenvalue weighted by Gasteiger charge is 2.47. The fraction of sp³-hybridized carbons (Fsp3) is 0.118. The van der Waals surface area contributed by atoms with Crippen molar-refractivity contribution >= 4 is 40.3 Å². The molecular weight excluding hydrogens is 715 g/mol. The van der Waals surface area contributed by atoms with Gasteiger partial charge in [-0.05, 0) is 46.0 Å². The predicted octanol–water partition coefficient (Wildman–Crippen LogP) is 11.9. The van der Waals surface area contributed by atoms with Crippen molar-refractivity contribution in [1.29, 1.82) is 0 Å². The third kappa shape index (κ3) is 5.13. The molecule has 6 heteroatoms. The molecule has 0 fully saturated rings. The van der Waals surface area contributed by atoms with Gasteiger partial charge in [0.05, 0.1) is 23.5 Å². The highest BCUT2D eigenvalue weighted by molar-refractivity contribution is 8.00. The molecule has 0 saturated heterocycles. The summed E-state index contributed by atoms with van der Waals surface area (Å²) in [6.45, 7) is 0. The Morgan fingerprint density at radius 3 is 1.67 bits per heavy atom. The molecule has 0 radical (unpaired) electrons. The van der Waals surface area contributed by atoms with Crippen LogP contribution in [0, 0.1) is 0 Å². The van der Waals surface area contributed by atoms with Crippen molar-refractivity contribution in [2.75, 3.05) is 9.80 Å². The second kappa shape index (κ2) is 13.0. The van der Waals surface area contributed by atoms with Gasteiger partial charge in [0.15, 0.2) is 11.6 Å². The van der Waals surface area contributed by atoms with Crippen LogP contribution in [0.5, 0.6) is 0 Å². The lowest BCUT2D eigenvalue weighted by Gasteiger charge is -2.33. The first kappa shape index (κ1) is 32.7. The summed E-state index contributed by atoms with van der Waals surface area (Å²) in [7, 11) is 0. The van der Waals surface area contributed by atoms with E-state index < -0.39 is 0 Å². The SMILES string of the molecule is C1=CC2c3ccccc3SC2C(c2ccc(N3c4c(ccc5c4N(c4nc(-c6ccccc6)nc(-c6ccccc6)n4)C4C=CC=CC54)C4C=CC=CC43)cc2)=C1. The second-order valence-electron chi connectivity index (χ2n) is 15.4. The largest absolute Gasteiger partial charge is 0.332 e. The second-order valence-corrected chi connectivity index (χ2v) is 16.6. The van der Waals surface area contributed by atoms with Crippen LogP contribution in [0.25, 0.3) is 28.3 Å². The number of hydrogen-bond donors (Lipinski definition) is 0. The minimum atomic E-state index is 0.0105. The summed E-state index contributed by atoms with van der Waals surface area (Å²) in [6.07, 6.45) is 25.1. The van der Waals surface area contributed by atoms with E-state index in [4.69, 9.17) is 15.0 Å². The summed E-state index contributed by atoms with van der Waals surface area (Å²) < 4.78 is 0. The Balaban J connectivity index is 1.01. The number of hydrogen-bond acceptors (Lipinski definition) is 6. The van der Waals surface area contributed by atoms with Gasteiger partial charge >= 0.3 is 0 Å². The van der Waals surface area contributed by atoms with Crippen LogP contribution in [0.2, 0.25) is 0 Å². The van der Waals surface area contributed by atoms with Crippen molar-refractivity contribution < 1.29 is 0 Å². The Bertz CT molecular complexity index is 2710. The van der Waals surface area contributed by atoms with Crippen LogP contribution in [-0.4, -0.2) is 32.3 Å². The average molecular weight is 752 g/mol. The number of fused-ring (bicyclic) bond motifs is 10. The van der Waals surface area contributed by atoms with Crippen LogP contribution in [0.1, 0.15) is 40.0 Å². The summed E-state index contributed by atoms with van der Waals surface area (Å²) in [6, 6.07) is 43.7. The molecule has 6 aromatic rings. The van der Waals surface area contributed by atoms with Crippen molar-refractivity contribution in [3.63, 3.8) is 0 Å². The molecule has 5 nitrogen and oxygen atoms in total. The van der Waals surface area contributed by atoms with E-state index in [-0.39, 0.29) is 23.9 Å². The van der Waals surface area contributed by atoms with Gasteiger partial charge in [-0.25, -0.2) is 4.98 Å². The van der Waals surface area contributed by atoms with Crippen LogP contribution < -0.4 is 9.80 Å². The van der Waals surface area contributed by atoms with E-state index in [1.807, 2.05) is 48.2 Å². The van der Waals surface area contributed by atoms with E-state index in [9.17, 15) is 0 Å². The molecule has 0 spiro atoms. The monoisotopic (exact) mass is 751 g/mol. The van der Waals surface area contributed by atoms with Crippen LogP contribution in [0.3, 0.4) is 0 Å². The smallest absolute Gasteiger partial charge is 0.234 e. The number of allylic oxidation sites excluding steroid dienone is 7. The molecule has 4 heterocycles. The molecule has 0 N–H and O–H groups in total. The van der Waals surface area contributed by atoms with E-state index in [1.54, 1.807) is 0 Å². The van der Waals surface area contributed by atoms with Crippen molar-refractivity contribution in [3.05, 3.63) is 210 Å². The van der Waals surface area contributed by atoms with Crippen molar-refractivity contribution in [2.45, 2.75) is 40.0 Å². The molecule has 0 amide bonds. The molecule has 6 unspecified atom stereocenters. The molecule has 6 atom stereocenters. The van der Waals surface area contributed by atoms with Gasteiger partial charge in [0, 0.05) is 44.7 Å². The molecule has 3 aliphatic heterocycles. The van der Waals surface area contributed by atoms with E-state index in [1.165, 1.54) is 49.8 Å². The maximum Gasteiger partial charge on any atom is 0.234 e. The lowest BCUT2D eigenvalue weighted by atomic mass is 9.85. The van der Waals surface area contributed by atoms with Gasteiger partial charge in [-0.2, -0.15) is 9.97 Å². The molecule has 6 aliphatic rings. The molecular formula is C51H37N5S. The van der Waals surface area contributed by atoms with Gasteiger partial charge in [0.1, 0.15) is 0 Å². The Hall–Kier alpha value is -6.50. The van der Waals surface area contributed by atoms with E-state index in [0.29, 0.717) is 28.8 Å². The van der Waals surface area contributed by atoms with Gasteiger partial charge < -0.3 is 9.80 Å². The summed E-state index contributed by atoms with van der Waals surface area (Å²) >= 11 is 2.00. The van der Waals surface area contributed by atoms with Gasteiger partial charge in [-0.15, -0.1) is 11.8 Å². The summed E-state index contributed by atoms with van der Waals surface area (Å²) in [4.78, 5) is 22.0. The zero-order valence-electron chi connectivity index (χ0n) is 31.0. The first-order valence-electron chi connectivity index (χ1n) is 19.8. The summed E-state index contributed by atoms with van der Waals surface area (Å²) in [5.41, 5.74) is 12.2. The highest BCUT2D eigenvalue weighted by atomic mass is 32.2. The molecule has 272 valence electrons. The zero-order chi connectivity index (χ0) is 37.5. The maximum absolute atomic E-state index is 5.31. The lowest BCUT2D eigenvalue weighted by Crippen LogP contribution is -2.32. The summed E-state index contributed by atoms with van der Waals surface area (Å²) in [5, 5.41) is 0.379. The molecule has 0 saturated carbocycles. The van der Waals surface area contributed by atoms with Crippen molar-refractivity contribution in [1.82, 2.24) is 15.0 Å². The molecule has 12 rings (SSSR count). The molecule has 57 heavy (non-hydrogen) atoms. The first-order chi connectivity index (χ1) is 28.3. The fourth-order valence-corrected chi connectivity index (χ4v) is 11.3. The van der Waals surface area contributed by atoms with Gasteiger partial charge in [-0.1, -0.05) is 170 Å². The zero-order valence-corrected chi connectivity index (χ0v) is 31.8. The number of thioether (sulfide) groups is 1. The highest BCUT2D eigenvalue weighted by Crippen LogP contribution is 2.59. The minimum absolute atomic E-state index is 0.0105. The third-order valence-corrected chi connectivity index (χ3v) is 13.8. The number of aromatic nitrogens is 3. The van der Waals surface area contributed by atoms with E-state index >= 15 is 0 Å². The maximum atomic E-state index is 5.31. The van der Waals surface area contributed by atoms with E-state index in [0.717, 1.165) is 11.1 Å². The van der Waals surface area contributed by atoms with Crippen molar-refractivity contribution in [2.24, 2.45) is 0 Å². The van der Waals surface area contributed by atoms with Gasteiger partial charge in [0.25, 0.3) is 0 Å². The number of anilines is 4. The molecule has 5 aromatic carbocycles. The lowest BCUT2D eigenvalue weighted by molar-refractivity contribution is 0.725. The standard InChI is InChI=1S/C51H37N5S/c1-3-14-33(15-4-1)49-52-50(34-16-5-2-6-17-34)54-51(53-49)56-44-24-11-8-19-38(44)41-31-30-40-37-18-7-10-23-43(37)55(46(40)47(41)56)35-28-26-32(27-29-35)36-21-13-22-42-39-20-9-12-25-45(39)57-48(36)42/h1-31,37-38,42-44,48H. The predicted molar refractivity (Wildman–Crippen MR) is 233 cm³/mol. The number of benzene rings is 5. The van der Waals surface area contributed by atoms with Crippen molar-refractivity contribution in [3.8, 4) is 22.8 Å². The Labute approximate surface area is 336 Å². The quantitative estimate of drug-likeness (QED) is 0.175. The first-order valence-corrected chi connectivity index (χ1v) is 20.7. The van der Waals surface area contributed by atoms with Gasteiger partial charge in [0.2, 0.25) is 5.95 Å². The number of rotatable bonds is 5. The minimum Gasteiger partial charge on any atom is -0.332 e. The van der Waals surface area contributed by atoms with Gasteiger partial charge in [-0.3, -0.25) is 0 Å². The Morgan fingerprint density at radius 2 is 1.00 bits per heavy atom.